The van der Waals surface area contributed by atoms with Crippen LogP contribution in [0.1, 0.15) is 0 Å². The van der Waals surface area contributed by atoms with Crippen molar-refractivity contribution in [3.8, 4) is 27.9 Å². The van der Waals surface area contributed by atoms with E-state index in [1.807, 2.05) is 11.3 Å². The predicted octanol–water partition coefficient (Wildman–Crippen LogP) is 14.0. The molecule has 0 atom stereocenters. The first-order valence-corrected chi connectivity index (χ1v) is 18.2. The number of aromatic nitrogens is 1. The molecule has 0 bridgehead atoms. The van der Waals surface area contributed by atoms with Crippen molar-refractivity contribution < 1.29 is 0 Å². The van der Waals surface area contributed by atoms with Crippen molar-refractivity contribution >= 4 is 70.4 Å². The molecule has 0 aliphatic carbocycles. The van der Waals surface area contributed by atoms with Crippen LogP contribution in [-0.4, -0.2) is 4.57 Å². The summed E-state index contributed by atoms with van der Waals surface area (Å²) < 4.78 is 5.04. The topological polar surface area (TPSA) is 8.17 Å². The first-order chi connectivity index (χ1) is 25.3. The third kappa shape index (κ3) is 5.10. The highest BCUT2D eigenvalue weighted by atomic mass is 32.1. The van der Waals surface area contributed by atoms with Gasteiger partial charge in [-0.2, -0.15) is 0 Å². The Hall–Kier alpha value is -6.42. The average molecular weight is 669 g/mol. The maximum absolute atomic E-state index is 2.38. The van der Waals surface area contributed by atoms with Gasteiger partial charge >= 0.3 is 0 Å². The summed E-state index contributed by atoms with van der Waals surface area (Å²) in [7, 11) is 0. The molecule has 0 N–H and O–H groups in total. The first kappa shape index (κ1) is 29.5. The van der Waals surface area contributed by atoms with E-state index >= 15 is 0 Å². The maximum atomic E-state index is 2.38. The van der Waals surface area contributed by atoms with Gasteiger partial charge in [-0.05, 0) is 101 Å². The molecular formula is C48H32N2S. The molecule has 2 aromatic heterocycles. The van der Waals surface area contributed by atoms with E-state index in [4.69, 9.17) is 0 Å². The van der Waals surface area contributed by atoms with Crippen LogP contribution in [0.5, 0.6) is 0 Å². The van der Waals surface area contributed by atoms with Crippen molar-refractivity contribution in [3.63, 3.8) is 0 Å². The summed E-state index contributed by atoms with van der Waals surface area (Å²) in [5.41, 5.74) is 11.8. The number of hydrogen-bond donors (Lipinski definition) is 0. The molecule has 0 aliphatic heterocycles. The summed E-state index contributed by atoms with van der Waals surface area (Å²) in [5, 5.41) is 5.18. The highest BCUT2D eigenvalue weighted by Crippen LogP contribution is 2.40. The Bertz CT molecular complexity index is 2830. The number of fused-ring (bicyclic) bond motifs is 6. The third-order valence-corrected chi connectivity index (χ3v) is 11.1. The molecule has 0 radical (unpaired) electrons. The van der Waals surface area contributed by atoms with Crippen LogP contribution in [0.15, 0.2) is 194 Å². The molecule has 8 aromatic carbocycles. The fraction of sp³-hybridized carbons (Fsp3) is 0. The van der Waals surface area contributed by atoms with Gasteiger partial charge in [-0.25, -0.2) is 0 Å². The summed E-state index contributed by atoms with van der Waals surface area (Å²) in [6, 6.07) is 70.3. The van der Waals surface area contributed by atoms with Crippen molar-refractivity contribution in [1.82, 2.24) is 4.57 Å². The Morgan fingerprint density at radius 3 is 1.57 bits per heavy atom. The van der Waals surface area contributed by atoms with Gasteiger partial charge in [-0.3, -0.25) is 0 Å². The van der Waals surface area contributed by atoms with Crippen LogP contribution in [0.2, 0.25) is 0 Å². The van der Waals surface area contributed by atoms with Gasteiger partial charge in [0.25, 0.3) is 0 Å². The van der Waals surface area contributed by atoms with Crippen molar-refractivity contribution in [3.05, 3.63) is 194 Å². The van der Waals surface area contributed by atoms with Gasteiger partial charge in [0.1, 0.15) is 0 Å². The predicted molar refractivity (Wildman–Crippen MR) is 219 cm³/mol. The smallest absolute Gasteiger partial charge is 0.0547 e. The number of anilines is 3. The monoisotopic (exact) mass is 668 g/mol. The summed E-state index contributed by atoms with van der Waals surface area (Å²) >= 11 is 1.86. The fourth-order valence-corrected chi connectivity index (χ4v) is 8.63. The Kier molecular flexibility index (Phi) is 7.04. The fourth-order valence-electron chi connectivity index (χ4n) is 7.54. The van der Waals surface area contributed by atoms with Crippen LogP contribution in [0.4, 0.5) is 17.1 Å². The van der Waals surface area contributed by atoms with Crippen LogP contribution in [0, 0.1) is 0 Å². The average Bonchev–Trinajstić information content (AvgIpc) is 3.74. The summed E-state index contributed by atoms with van der Waals surface area (Å²) in [4.78, 5) is 2.33. The lowest BCUT2D eigenvalue weighted by Crippen LogP contribution is -2.09. The van der Waals surface area contributed by atoms with Crippen molar-refractivity contribution in [2.24, 2.45) is 0 Å². The zero-order valence-corrected chi connectivity index (χ0v) is 28.6. The minimum atomic E-state index is 1.11. The number of thiophene rings is 1. The van der Waals surface area contributed by atoms with Crippen LogP contribution < -0.4 is 4.90 Å². The van der Waals surface area contributed by atoms with Crippen molar-refractivity contribution in [1.29, 1.82) is 0 Å². The molecule has 3 heteroatoms. The molecule has 0 fully saturated rings. The largest absolute Gasteiger partial charge is 0.311 e. The Morgan fingerprint density at radius 1 is 0.333 bits per heavy atom. The number of rotatable bonds is 6. The quantitative estimate of drug-likeness (QED) is 0.171. The molecule has 2 nitrogen and oxygen atoms in total. The molecule has 0 amide bonds. The number of nitrogens with zero attached hydrogens (tertiary/aromatic N) is 2. The molecule has 2 heterocycles. The van der Waals surface area contributed by atoms with Crippen molar-refractivity contribution in [2.45, 2.75) is 0 Å². The van der Waals surface area contributed by atoms with Gasteiger partial charge in [0.05, 0.1) is 11.0 Å². The third-order valence-electron chi connectivity index (χ3n) is 10.00. The molecule has 10 rings (SSSR count). The first-order valence-electron chi connectivity index (χ1n) is 17.3. The van der Waals surface area contributed by atoms with Crippen LogP contribution in [-0.2, 0) is 0 Å². The zero-order chi connectivity index (χ0) is 33.7. The second-order valence-corrected chi connectivity index (χ2v) is 14.1. The highest BCUT2D eigenvalue weighted by molar-refractivity contribution is 7.25. The summed E-state index contributed by atoms with van der Waals surface area (Å²) in [5.74, 6) is 0. The standard InChI is InChI=1S/C48H32N2S/c1-3-11-37(12-4-1)49(39-25-19-33(20-26-39)35-24-30-48-44(31-35)43-16-8-10-18-47(43)51-48)40-27-21-34(22-28-40)36-23-29-42-41-15-7-9-17-45(41)50(46(42)32-36)38-13-5-2-6-14-38/h1-32H. The van der Waals surface area contributed by atoms with E-state index in [1.165, 1.54) is 69.9 Å². The maximum Gasteiger partial charge on any atom is 0.0547 e. The molecule has 0 saturated carbocycles. The van der Waals surface area contributed by atoms with E-state index < -0.39 is 0 Å². The second-order valence-electron chi connectivity index (χ2n) is 13.0. The minimum Gasteiger partial charge on any atom is -0.311 e. The van der Waals surface area contributed by atoms with Gasteiger partial charge in [-0.15, -0.1) is 11.3 Å². The van der Waals surface area contributed by atoms with E-state index in [2.05, 4.69) is 204 Å². The zero-order valence-electron chi connectivity index (χ0n) is 27.8. The van der Waals surface area contributed by atoms with E-state index in [9.17, 15) is 0 Å². The Labute approximate surface area is 300 Å². The molecule has 240 valence electrons. The van der Waals surface area contributed by atoms with Gasteiger partial charge in [0.2, 0.25) is 0 Å². The molecule has 0 saturated heterocycles. The summed E-state index contributed by atoms with van der Waals surface area (Å²) in [6.07, 6.45) is 0. The molecule has 51 heavy (non-hydrogen) atoms. The molecule has 0 spiro atoms. The lowest BCUT2D eigenvalue weighted by molar-refractivity contribution is 1.18. The van der Waals surface area contributed by atoms with Gasteiger partial charge in [0.15, 0.2) is 0 Å². The van der Waals surface area contributed by atoms with Gasteiger partial charge in [0, 0.05) is 53.7 Å². The number of para-hydroxylation sites is 3. The Balaban J connectivity index is 1.02. The highest BCUT2D eigenvalue weighted by Gasteiger charge is 2.16. The van der Waals surface area contributed by atoms with E-state index in [1.54, 1.807) is 0 Å². The van der Waals surface area contributed by atoms with Gasteiger partial charge < -0.3 is 9.47 Å². The number of benzene rings is 8. The van der Waals surface area contributed by atoms with Crippen LogP contribution in [0.25, 0.3) is 69.9 Å². The molecular weight excluding hydrogens is 637 g/mol. The lowest BCUT2D eigenvalue weighted by Gasteiger charge is -2.26. The molecule has 0 aliphatic rings. The molecule has 0 unspecified atom stereocenters. The number of hydrogen-bond acceptors (Lipinski definition) is 2. The van der Waals surface area contributed by atoms with Crippen molar-refractivity contribution in [2.75, 3.05) is 4.90 Å². The SMILES string of the molecule is c1ccc(N(c2ccc(-c3ccc4sc5ccccc5c4c3)cc2)c2ccc(-c3ccc4c5ccccc5n(-c5ccccc5)c4c3)cc2)cc1. The minimum absolute atomic E-state index is 1.11. The Morgan fingerprint density at radius 2 is 0.843 bits per heavy atom. The second kappa shape index (κ2) is 12.2. The normalized spacial score (nSPS) is 11.5. The van der Waals surface area contributed by atoms with Crippen LogP contribution in [0.3, 0.4) is 0 Å². The van der Waals surface area contributed by atoms with E-state index in [0.29, 0.717) is 0 Å². The van der Waals surface area contributed by atoms with E-state index in [0.717, 1.165) is 17.1 Å². The lowest BCUT2D eigenvalue weighted by atomic mass is 10.0. The molecule has 10 aromatic rings. The van der Waals surface area contributed by atoms with E-state index in [-0.39, 0.29) is 0 Å². The summed E-state index contributed by atoms with van der Waals surface area (Å²) in [6.45, 7) is 0. The van der Waals surface area contributed by atoms with Gasteiger partial charge in [-0.1, -0.05) is 115 Å². The van der Waals surface area contributed by atoms with Crippen LogP contribution >= 0.6 is 11.3 Å².